The van der Waals surface area contributed by atoms with Gasteiger partial charge in [-0.05, 0) is 66.8 Å². The SMILES string of the molecule is Cc1ccc(S(=O)(=O)O)c(-c2cc([I+]c3cccs3)cc(C(=O)Nc3nc4ccc(C)cc4s3)c2)c1. The molecule has 0 radical (unpaired) electrons. The highest BCUT2D eigenvalue weighted by Gasteiger charge is 2.24. The van der Waals surface area contributed by atoms with Crippen LogP contribution in [0.1, 0.15) is 21.5 Å². The summed E-state index contributed by atoms with van der Waals surface area (Å²) in [5.41, 5.74) is 4.09. The molecule has 0 aliphatic heterocycles. The first-order valence-corrected chi connectivity index (χ1v) is 16.1. The summed E-state index contributed by atoms with van der Waals surface area (Å²) in [4.78, 5) is 17.7. The molecule has 3 aromatic carbocycles. The van der Waals surface area contributed by atoms with Gasteiger partial charge in [0.25, 0.3) is 16.0 Å². The van der Waals surface area contributed by atoms with Crippen LogP contribution >= 0.6 is 22.7 Å². The van der Waals surface area contributed by atoms with E-state index in [-0.39, 0.29) is 10.8 Å². The number of nitrogens with zero attached hydrogens (tertiary/aromatic N) is 1. The average molecular weight is 648 g/mol. The Morgan fingerprint density at radius 1 is 1.00 bits per heavy atom. The van der Waals surface area contributed by atoms with Gasteiger partial charge in [-0.15, -0.1) is 0 Å². The lowest BCUT2D eigenvalue weighted by atomic mass is 10.0. The molecule has 0 atom stereocenters. The molecule has 0 saturated heterocycles. The highest BCUT2D eigenvalue weighted by molar-refractivity contribution is 7.86. The number of aryl methyl sites for hydroxylation is 2. The number of thiazole rings is 1. The Bertz CT molecular complexity index is 1710. The van der Waals surface area contributed by atoms with E-state index in [2.05, 4.69) is 16.4 Å². The molecule has 5 rings (SSSR count). The Labute approximate surface area is 227 Å². The molecule has 0 bridgehead atoms. The van der Waals surface area contributed by atoms with E-state index < -0.39 is 31.3 Å². The minimum Gasteiger partial charge on any atom is -0.298 e. The van der Waals surface area contributed by atoms with Gasteiger partial charge in [0.15, 0.2) is 8.70 Å². The Morgan fingerprint density at radius 2 is 1.78 bits per heavy atom. The van der Waals surface area contributed by atoms with E-state index in [1.54, 1.807) is 29.5 Å². The standard InChI is InChI=1S/C26H19IN2O4S3/c1-15-6-8-23(36(31,32)33)20(10-15)17-12-18(14-19(13-17)27-24-4-3-9-34-24)25(30)29-26-28-21-7-5-16(2)11-22(21)35-26/h3-14H,1-2H3,(H-,28,29,30,31,32,33)/p+1. The quantitative estimate of drug-likeness (QED) is 0.218. The van der Waals surface area contributed by atoms with Gasteiger partial charge in [-0.3, -0.25) is 14.7 Å². The van der Waals surface area contributed by atoms with Crippen molar-refractivity contribution < 1.29 is 39.0 Å². The summed E-state index contributed by atoms with van der Waals surface area (Å²) >= 11 is 2.46. The van der Waals surface area contributed by atoms with Crippen molar-refractivity contribution in [2.75, 3.05) is 5.32 Å². The van der Waals surface area contributed by atoms with Crippen molar-refractivity contribution in [3.8, 4) is 11.1 Å². The van der Waals surface area contributed by atoms with Gasteiger partial charge in [0.1, 0.15) is 4.90 Å². The molecular formula is C26H20IN2O4S3+. The Hall–Kier alpha value is -2.64. The highest BCUT2D eigenvalue weighted by Crippen LogP contribution is 2.30. The molecule has 2 aromatic heterocycles. The number of hydrogen-bond acceptors (Lipinski definition) is 6. The van der Waals surface area contributed by atoms with Crippen molar-refractivity contribution in [1.82, 2.24) is 4.98 Å². The molecular weight excluding hydrogens is 627 g/mol. The number of amides is 1. The molecule has 0 unspecified atom stereocenters. The van der Waals surface area contributed by atoms with Crippen LogP contribution in [0.5, 0.6) is 0 Å². The topological polar surface area (TPSA) is 96.4 Å². The number of benzene rings is 3. The minimum absolute atomic E-state index is 0.188. The smallest absolute Gasteiger partial charge is 0.298 e. The summed E-state index contributed by atoms with van der Waals surface area (Å²) < 4.78 is 37.3. The molecule has 182 valence electrons. The van der Waals surface area contributed by atoms with Gasteiger partial charge in [0, 0.05) is 23.3 Å². The summed E-state index contributed by atoms with van der Waals surface area (Å²) in [6, 6.07) is 20.2. The van der Waals surface area contributed by atoms with Crippen LogP contribution < -0.4 is 26.5 Å². The maximum atomic E-state index is 13.3. The van der Waals surface area contributed by atoms with Gasteiger partial charge in [-0.1, -0.05) is 46.4 Å². The molecule has 0 spiro atoms. The summed E-state index contributed by atoms with van der Waals surface area (Å²) in [5.74, 6) is -0.329. The van der Waals surface area contributed by atoms with Crippen LogP contribution in [-0.4, -0.2) is 23.9 Å². The number of anilines is 1. The monoisotopic (exact) mass is 647 g/mol. The fraction of sp³-hybridized carbons (Fsp3) is 0.0769. The summed E-state index contributed by atoms with van der Waals surface area (Å²) in [5, 5.41) is 5.41. The maximum absolute atomic E-state index is 13.3. The number of carbonyl (C=O) groups is 1. The van der Waals surface area contributed by atoms with E-state index in [4.69, 9.17) is 0 Å². The zero-order chi connectivity index (χ0) is 25.4. The van der Waals surface area contributed by atoms with E-state index in [0.717, 1.165) is 24.9 Å². The van der Waals surface area contributed by atoms with E-state index in [0.29, 0.717) is 21.8 Å². The van der Waals surface area contributed by atoms with Gasteiger partial charge >= 0.3 is 21.2 Å². The lowest BCUT2D eigenvalue weighted by Crippen LogP contribution is -3.61. The Kier molecular flexibility index (Phi) is 6.97. The second-order valence-electron chi connectivity index (χ2n) is 8.16. The Morgan fingerprint density at radius 3 is 2.53 bits per heavy atom. The number of carbonyl (C=O) groups excluding carboxylic acids is 1. The van der Waals surface area contributed by atoms with E-state index in [1.165, 1.54) is 20.3 Å². The summed E-state index contributed by atoms with van der Waals surface area (Å²) in [6.45, 7) is 3.86. The molecule has 0 aliphatic rings. The van der Waals surface area contributed by atoms with Crippen LogP contribution in [0.25, 0.3) is 21.3 Å². The largest absolute Gasteiger partial charge is 0.369 e. The summed E-state index contributed by atoms with van der Waals surface area (Å²) in [6.07, 6.45) is 0. The molecule has 10 heteroatoms. The second-order valence-corrected chi connectivity index (χ2v) is 15.2. The van der Waals surface area contributed by atoms with E-state index in [9.17, 15) is 17.8 Å². The third-order valence-electron chi connectivity index (χ3n) is 5.34. The maximum Gasteiger partial charge on any atom is 0.369 e. The number of nitrogens with one attached hydrogen (secondary N) is 1. The fourth-order valence-electron chi connectivity index (χ4n) is 3.70. The van der Waals surface area contributed by atoms with Gasteiger partial charge in [0.05, 0.1) is 10.2 Å². The molecule has 0 fully saturated rings. The van der Waals surface area contributed by atoms with Crippen molar-refractivity contribution in [3.05, 3.63) is 95.3 Å². The predicted octanol–water partition coefficient (Wildman–Crippen LogP) is 3.27. The van der Waals surface area contributed by atoms with Crippen molar-refractivity contribution >= 4 is 54.0 Å². The van der Waals surface area contributed by atoms with Crippen LogP contribution in [-0.2, 0) is 10.1 Å². The minimum atomic E-state index is -4.46. The number of aromatic nitrogens is 1. The second kappa shape index (κ2) is 10.0. The van der Waals surface area contributed by atoms with Crippen LogP contribution in [0.2, 0.25) is 0 Å². The zero-order valence-corrected chi connectivity index (χ0v) is 23.8. The van der Waals surface area contributed by atoms with Gasteiger partial charge in [-0.2, -0.15) is 8.42 Å². The lowest BCUT2D eigenvalue weighted by Gasteiger charge is -2.10. The van der Waals surface area contributed by atoms with Crippen molar-refractivity contribution in [2.45, 2.75) is 18.7 Å². The molecule has 1 amide bonds. The number of rotatable bonds is 6. The van der Waals surface area contributed by atoms with E-state index >= 15 is 0 Å². The molecule has 2 N–H and O–H groups in total. The summed E-state index contributed by atoms with van der Waals surface area (Å²) in [7, 11) is -4.46. The van der Waals surface area contributed by atoms with Crippen LogP contribution in [0.15, 0.2) is 77.0 Å². The lowest BCUT2D eigenvalue weighted by molar-refractivity contribution is -0.591. The number of fused-ring (bicyclic) bond motifs is 1. The first-order chi connectivity index (χ1) is 17.2. The number of hydrogen-bond donors (Lipinski definition) is 2. The number of halogens is 1. The first-order valence-electron chi connectivity index (χ1n) is 10.8. The van der Waals surface area contributed by atoms with E-state index in [1.807, 2.05) is 55.6 Å². The van der Waals surface area contributed by atoms with Crippen LogP contribution in [0.4, 0.5) is 5.13 Å². The highest BCUT2D eigenvalue weighted by atomic mass is 127. The molecule has 5 aromatic rings. The van der Waals surface area contributed by atoms with Crippen molar-refractivity contribution in [3.63, 3.8) is 0 Å². The third-order valence-corrected chi connectivity index (χ3v) is 11.3. The zero-order valence-electron chi connectivity index (χ0n) is 19.2. The van der Waals surface area contributed by atoms with Crippen LogP contribution in [0.3, 0.4) is 0 Å². The predicted molar refractivity (Wildman–Crippen MR) is 140 cm³/mol. The fourth-order valence-corrected chi connectivity index (χ4v) is 9.25. The first kappa shape index (κ1) is 25.0. The average Bonchev–Trinajstić information content (AvgIpc) is 3.47. The molecule has 0 saturated carbocycles. The third kappa shape index (κ3) is 5.52. The normalized spacial score (nSPS) is 11.6. The van der Waals surface area contributed by atoms with Crippen molar-refractivity contribution in [2.24, 2.45) is 0 Å². The molecule has 6 nitrogen and oxygen atoms in total. The number of thiophene rings is 1. The van der Waals surface area contributed by atoms with Gasteiger partial charge < -0.3 is 0 Å². The van der Waals surface area contributed by atoms with Gasteiger partial charge in [0.2, 0.25) is 2.88 Å². The molecule has 2 heterocycles. The van der Waals surface area contributed by atoms with Gasteiger partial charge in [-0.25, -0.2) is 4.98 Å². The Balaban J connectivity index is 1.58. The molecule has 0 aliphatic carbocycles. The van der Waals surface area contributed by atoms with Crippen LogP contribution in [0, 0.1) is 20.3 Å². The molecule has 36 heavy (non-hydrogen) atoms. The van der Waals surface area contributed by atoms with Crippen molar-refractivity contribution in [1.29, 1.82) is 0 Å².